The Morgan fingerprint density at radius 1 is 1.05 bits per heavy atom. The molecule has 0 aromatic heterocycles. The van der Waals surface area contributed by atoms with Gasteiger partial charge in [0, 0.05) is 11.3 Å². The molecule has 0 saturated heterocycles. The van der Waals surface area contributed by atoms with Crippen LogP contribution in [0.2, 0.25) is 0 Å². The van der Waals surface area contributed by atoms with Crippen LogP contribution in [0.1, 0.15) is 15.9 Å². The minimum atomic E-state index is -0.386. The number of esters is 1. The fourth-order valence-electron chi connectivity index (χ4n) is 1.88. The van der Waals surface area contributed by atoms with Gasteiger partial charge in [0.05, 0.1) is 19.8 Å². The molecule has 114 valence electrons. The third kappa shape index (κ3) is 4.36. The molecule has 22 heavy (non-hydrogen) atoms. The van der Waals surface area contributed by atoms with Gasteiger partial charge in [0.25, 0.3) is 0 Å². The fourth-order valence-corrected chi connectivity index (χ4v) is 2.70. The summed E-state index contributed by atoms with van der Waals surface area (Å²) in [7, 11) is 2.93. The number of ether oxygens (including phenoxy) is 2. The van der Waals surface area contributed by atoms with Crippen molar-refractivity contribution in [3.05, 3.63) is 59.7 Å². The molecule has 0 aliphatic carbocycles. The zero-order valence-corrected chi connectivity index (χ0v) is 13.2. The van der Waals surface area contributed by atoms with Crippen LogP contribution in [0.3, 0.4) is 0 Å². The van der Waals surface area contributed by atoms with Gasteiger partial charge < -0.3 is 9.47 Å². The second-order valence-electron chi connectivity index (χ2n) is 4.52. The van der Waals surface area contributed by atoms with Crippen LogP contribution in [-0.2, 0) is 16.0 Å². The Labute approximate surface area is 133 Å². The van der Waals surface area contributed by atoms with Crippen LogP contribution >= 0.6 is 11.8 Å². The lowest BCUT2D eigenvalue weighted by Crippen LogP contribution is -2.02. The highest BCUT2D eigenvalue weighted by Gasteiger charge is 2.09. The topological polar surface area (TPSA) is 52.6 Å². The molecule has 4 nitrogen and oxygen atoms in total. The molecule has 0 atom stereocenters. The molecule has 0 radical (unpaired) electrons. The lowest BCUT2D eigenvalue weighted by atomic mass is 10.1. The van der Waals surface area contributed by atoms with Gasteiger partial charge >= 0.3 is 5.97 Å². The van der Waals surface area contributed by atoms with Gasteiger partial charge in [0.2, 0.25) is 0 Å². The summed E-state index contributed by atoms with van der Waals surface area (Å²) in [6.07, 6.45) is 0.295. The Morgan fingerprint density at radius 3 is 2.41 bits per heavy atom. The van der Waals surface area contributed by atoms with Crippen LogP contribution in [0.5, 0.6) is 5.75 Å². The van der Waals surface area contributed by atoms with Crippen LogP contribution in [0.4, 0.5) is 0 Å². The first-order chi connectivity index (χ1) is 10.6. The molecule has 0 bridgehead atoms. The highest BCUT2D eigenvalue weighted by Crippen LogP contribution is 2.24. The van der Waals surface area contributed by atoms with Crippen molar-refractivity contribution < 1.29 is 19.1 Å². The smallest absolute Gasteiger partial charge is 0.337 e. The molecule has 0 unspecified atom stereocenters. The summed E-state index contributed by atoms with van der Waals surface area (Å²) >= 11 is 1.17. The number of carbonyl (C=O) groups excluding carboxylic acids is 2. The van der Waals surface area contributed by atoms with Gasteiger partial charge in [0.1, 0.15) is 5.75 Å². The van der Waals surface area contributed by atoms with E-state index < -0.39 is 0 Å². The summed E-state index contributed by atoms with van der Waals surface area (Å²) in [5, 5.41) is 0.0269. The monoisotopic (exact) mass is 316 g/mol. The second-order valence-corrected chi connectivity index (χ2v) is 5.65. The average Bonchev–Trinajstić information content (AvgIpc) is 2.55. The first-order valence-electron chi connectivity index (χ1n) is 6.64. The maximum atomic E-state index is 12.1. The van der Waals surface area contributed by atoms with E-state index in [1.54, 1.807) is 31.4 Å². The molecule has 2 aromatic carbocycles. The predicted octanol–water partition coefficient (Wildman–Crippen LogP) is 3.34. The quantitative estimate of drug-likeness (QED) is 0.625. The standard InChI is InChI=1S/C17H16O4S/c1-20-14-4-3-5-15(11-14)22-16(18)10-12-6-8-13(9-7-12)17(19)21-2/h3-9,11H,10H2,1-2H3. The summed E-state index contributed by atoms with van der Waals surface area (Å²) < 4.78 is 9.77. The van der Waals surface area contributed by atoms with Crippen LogP contribution in [0.25, 0.3) is 0 Å². The molecular weight excluding hydrogens is 300 g/mol. The number of carbonyl (C=O) groups is 2. The molecule has 0 spiro atoms. The van der Waals surface area contributed by atoms with E-state index in [1.807, 2.05) is 24.3 Å². The Kier molecular flexibility index (Phi) is 5.61. The normalized spacial score (nSPS) is 10.1. The van der Waals surface area contributed by atoms with Gasteiger partial charge in [-0.2, -0.15) is 0 Å². The molecule has 2 rings (SSSR count). The minimum Gasteiger partial charge on any atom is -0.497 e. The first-order valence-corrected chi connectivity index (χ1v) is 7.46. The first kappa shape index (κ1) is 16.1. The molecule has 5 heteroatoms. The van der Waals surface area contributed by atoms with Crippen molar-refractivity contribution >= 4 is 22.8 Å². The maximum Gasteiger partial charge on any atom is 0.337 e. The lowest BCUT2D eigenvalue weighted by Gasteiger charge is -2.05. The summed E-state index contributed by atoms with van der Waals surface area (Å²) in [5.74, 6) is 0.337. The number of thioether (sulfide) groups is 1. The van der Waals surface area contributed by atoms with Crippen molar-refractivity contribution in [1.82, 2.24) is 0 Å². The van der Waals surface area contributed by atoms with E-state index in [9.17, 15) is 9.59 Å². The van der Waals surface area contributed by atoms with Crippen molar-refractivity contribution in [3.63, 3.8) is 0 Å². The van der Waals surface area contributed by atoms with Crippen LogP contribution < -0.4 is 4.74 Å². The molecule has 0 heterocycles. The summed E-state index contributed by atoms with van der Waals surface area (Å²) in [6.45, 7) is 0. The molecule has 0 aliphatic heterocycles. The summed E-state index contributed by atoms with van der Waals surface area (Å²) in [5.41, 5.74) is 1.33. The Morgan fingerprint density at radius 2 is 1.77 bits per heavy atom. The van der Waals surface area contributed by atoms with Gasteiger partial charge in [-0.3, -0.25) is 4.79 Å². The second kappa shape index (κ2) is 7.66. The number of benzene rings is 2. The van der Waals surface area contributed by atoms with E-state index >= 15 is 0 Å². The Hall–Kier alpha value is -2.27. The number of methoxy groups -OCH3 is 2. The largest absolute Gasteiger partial charge is 0.497 e. The van der Waals surface area contributed by atoms with Crippen molar-refractivity contribution in [2.75, 3.05) is 14.2 Å². The fraction of sp³-hybridized carbons (Fsp3) is 0.176. The van der Waals surface area contributed by atoms with Crippen LogP contribution in [0.15, 0.2) is 53.4 Å². The number of hydrogen-bond acceptors (Lipinski definition) is 5. The minimum absolute atomic E-state index is 0.0269. The summed E-state index contributed by atoms with van der Waals surface area (Å²) in [6, 6.07) is 14.2. The highest BCUT2D eigenvalue weighted by molar-refractivity contribution is 8.13. The Bertz CT molecular complexity index is 665. The zero-order chi connectivity index (χ0) is 15.9. The highest BCUT2D eigenvalue weighted by atomic mass is 32.2. The van der Waals surface area contributed by atoms with Gasteiger partial charge in [0.15, 0.2) is 5.12 Å². The maximum absolute atomic E-state index is 12.1. The van der Waals surface area contributed by atoms with Crippen molar-refractivity contribution in [1.29, 1.82) is 0 Å². The molecule has 2 aromatic rings. The van der Waals surface area contributed by atoms with Crippen molar-refractivity contribution in [2.24, 2.45) is 0 Å². The van der Waals surface area contributed by atoms with Gasteiger partial charge in [-0.25, -0.2) is 4.79 Å². The van der Waals surface area contributed by atoms with Crippen LogP contribution in [0, 0.1) is 0 Å². The Balaban J connectivity index is 1.98. The van der Waals surface area contributed by atoms with Gasteiger partial charge in [-0.1, -0.05) is 30.0 Å². The van der Waals surface area contributed by atoms with Crippen LogP contribution in [-0.4, -0.2) is 25.3 Å². The van der Waals surface area contributed by atoms with E-state index in [0.717, 1.165) is 16.2 Å². The third-order valence-electron chi connectivity index (χ3n) is 3.00. The molecule has 0 N–H and O–H groups in total. The molecule has 0 fully saturated rings. The lowest BCUT2D eigenvalue weighted by molar-refractivity contribution is -0.110. The zero-order valence-electron chi connectivity index (χ0n) is 12.4. The summed E-state index contributed by atoms with van der Waals surface area (Å²) in [4.78, 5) is 24.3. The SMILES string of the molecule is COC(=O)c1ccc(CC(=O)Sc2cccc(OC)c2)cc1. The van der Waals surface area contributed by atoms with E-state index in [2.05, 4.69) is 4.74 Å². The average molecular weight is 316 g/mol. The molecular formula is C17H16O4S. The predicted molar refractivity (Wildman–Crippen MR) is 85.3 cm³/mol. The van der Waals surface area contributed by atoms with E-state index in [0.29, 0.717) is 12.0 Å². The van der Waals surface area contributed by atoms with Gasteiger partial charge in [-0.15, -0.1) is 0 Å². The number of hydrogen-bond donors (Lipinski definition) is 0. The third-order valence-corrected chi connectivity index (χ3v) is 3.86. The van der Waals surface area contributed by atoms with E-state index in [4.69, 9.17) is 4.74 Å². The van der Waals surface area contributed by atoms with Crippen molar-refractivity contribution in [2.45, 2.75) is 11.3 Å². The molecule has 0 saturated carbocycles. The van der Waals surface area contributed by atoms with E-state index in [-0.39, 0.29) is 11.1 Å². The molecule has 0 amide bonds. The van der Waals surface area contributed by atoms with Crippen molar-refractivity contribution in [3.8, 4) is 5.75 Å². The number of rotatable bonds is 5. The molecule has 0 aliphatic rings. The van der Waals surface area contributed by atoms with Gasteiger partial charge in [-0.05, 0) is 35.9 Å². The van der Waals surface area contributed by atoms with E-state index in [1.165, 1.54) is 18.9 Å².